The number of rotatable bonds is 5. The molecule has 0 amide bonds. The fraction of sp³-hybridized carbons (Fsp3) is 0.500. The summed E-state index contributed by atoms with van der Waals surface area (Å²) in [5, 5.41) is 0. The van der Waals surface area contributed by atoms with Gasteiger partial charge in [0.25, 0.3) is 0 Å². The molecule has 0 N–H and O–H groups in total. The molecule has 1 heteroatoms. The lowest BCUT2D eigenvalue weighted by molar-refractivity contribution is -0.120. The molecule has 2 rings (SSSR count). The SMILES string of the molecule is CCC(C(=O)CC1CC1)c1ccccc1. The van der Waals surface area contributed by atoms with Crippen LogP contribution in [0.1, 0.15) is 44.1 Å². The number of Topliss-reactive ketones (excluding diaryl/α,β-unsaturated/α-hetero) is 1. The zero-order valence-corrected chi connectivity index (χ0v) is 9.28. The normalized spacial score (nSPS) is 17.4. The topological polar surface area (TPSA) is 17.1 Å². The zero-order chi connectivity index (χ0) is 10.7. The van der Waals surface area contributed by atoms with Crippen LogP contribution in [-0.4, -0.2) is 5.78 Å². The molecule has 80 valence electrons. The number of hydrogen-bond donors (Lipinski definition) is 0. The largest absolute Gasteiger partial charge is 0.299 e. The van der Waals surface area contributed by atoms with E-state index in [1.165, 1.54) is 18.4 Å². The second-order valence-corrected chi connectivity index (χ2v) is 4.49. The van der Waals surface area contributed by atoms with Crippen LogP contribution in [0.15, 0.2) is 30.3 Å². The molecular formula is C14H18O. The summed E-state index contributed by atoms with van der Waals surface area (Å²) in [5.74, 6) is 1.27. The van der Waals surface area contributed by atoms with Gasteiger partial charge in [0.15, 0.2) is 0 Å². The second-order valence-electron chi connectivity index (χ2n) is 4.49. The van der Waals surface area contributed by atoms with E-state index in [4.69, 9.17) is 0 Å². The van der Waals surface area contributed by atoms with Crippen LogP contribution in [0.4, 0.5) is 0 Å². The number of ketones is 1. The Morgan fingerprint density at radius 2 is 2.00 bits per heavy atom. The number of hydrogen-bond acceptors (Lipinski definition) is 1. The first-order chi connectivity index (χ1) is 7.31. The molecule has 0 spiro atoms. The lowest BCUT2D eigenvalue weighted by Gasteiger charge is -2.13. The van der Waals surface area contributed by atoms with Crippen LogP contribution < -0.4 is 0 Å². The van der Waals surface area contributed by atoms with Crippen LogP contribution in [0.3, 0.4) is 0 Å². The van der Waals surface area contributed by atoms with Crippen molar-refractivity contribution in [3.05, 3.63) is 35.9 Å². The highest BCUT2D eigenvalue weighted by Crippen LogP contribution is 2.35. The highest BCUT2D eigenvalue weighted by molar-refractivity contribution is 5.86. The van der Waals surface area contributed by atoms with Crippen LogP contribution in [0, 0.1) is 5.92 Å². The molecule has 0 aromatic heterocycles. The molecule has 0 aliphatic heterocycles. The third kappa shape index (κ3) is 2.68. The lowest BCUT2D eigenvalue weighted by atomic mass is 9.90. The molecule has 1 aromatic carbocycles. The van der Waals surface area contributed by atoms with Crippen molar-refractivity contribution in [3.63, 3.8) is 0 Å². The quantitative estimate of drug-likeness (QED) is 0.713. The Bertz CT molecular complexity index is 324. The summed E-state index contributed by atoms with van der Waals surface area (Å²) in [6.45, 7) is 2.10. The first-order valence-electron chi connectivity index (χ1n) is 5.89. The minimum absolute atomic E-state index is 0.131. The van der Waals surface area contributed by atoms with Gasteiger partial charge in [-0.25, -0.2) is 0 Å². The van der Waals surface area contributed by atoms with Crippen molar-refractivity contribution in [1.29, 1.82) is 0 Å². The highest BCUT2D eigenvalue weighted by Gasteiger charge is 2.28. The molecule has 1 atom stereocenters. The maximum absolute atomic E-state index is 12.0. The van der Waals surface area contributed by atoms with Gasteiger partial charge in [-0.15, -0.1) is 0 Å². The van der Waals surface area contributed by atoms with Crippen LogP contribution in [0.25, 0.3) is 0 Å². The average Bonchev–Trinajstić information content (AvgIpc) is 3.04. The van der Waals surface area contributed by atoms with Crippen LogP contribution in [0.2, 0.25) is 0 Å². The van der Waals surface area contributed by atoms with Crippen LogP contribution >= 0.6 is 0 Å². The average molecular weight is 202 g/mol. The maximum Gasteiger partial charge on any atom is 0.140 e. The van der Waals surface area contributed by atoms with E-state index in [1.807, 2.05) is 18.2 Å². The van der Waals surface area contributed by atoms with Gasteiger partial charge in [-0.1, -0.05) is 37.3 Å². The van der Waals surface area contributed by atoms with Crippen molar-refractivity contribution >= 4 is 5.78 Å². The molecule has 0 bridgehead atoms. The van der Waals surface area contributed by atoms with Crippen molar-refractivity contribution in [1.82, 2.24) is 0 Å². The third-order valence-corrected chi connectivity index (χ3v) is 3.19. The molecule has 15 heavy (non-hydrogen) atoms. The van der Waals surface area contributed by atoms with Crippen molar-refractivity contribution in [2.75, 3.05) is 0 Å². The van der Waals surface area contributed by atoms with Crippen molar-refractivity contribution < 1.29 is 4.79 Å². The van der Waals surface area contributed by atoms with Crippen molar-refractivity contribution in [3.8, 4) is 0 Å². The van der Waals surface area contributed by atoms with Gasteiger partial charge in [-0.05, 0) is 30.7 Å². The molecule has 1 aromatic rings. The van der Waals surface area contributed by atoms with Gasteiger partial charge in [0.1, 0.15) is 5.78 Å². The fourth-order valence-corrected chi connectivity index (χ4v) is 2.08. The Hall–Kier alpha value is -1.11. The Labute approximate surface area is 91.5 Å². The van der Waals surface area contributed by atoms with Crippen molar-refractivity contribution in [2.45, 2.75) is 38.5 Å². The molecule has 0 radical (unpaired) electrons. The van der Waals surface area contributed by atoms with E-state index in [2.05, 4.69) is 19.1 Å². The van der Waals surface area contributed by atoms with E-state index < -0.39 is 0 Å². The highest BCUT2D eigenvalue weighted by atomic mass is 16.1. The van der Waals surface area contributed by atoms with Gasteiger partial charge in [0.05, 0.1) is 0 Å². The van der Waals surface area contributed by atoms with Gasteiger partial charge in [0.2, 0.25) is 0 Å². The molecule has 1 fully saturated rings. The molecule has 1 aliphatic carbocycles. The van der Waals surface area contributed by atoms with Crippen LogP contribution in [0.5, 0.6) is 0 Å². The predicted octanol–water partition coefficient (Wildman–Crippen LogP) is 3.55. The molecule has 1 unspecified atom stereocenters. The first-order valence-corrected chi connectivity index (χ1v) is 5.89. The van der Waals surface area contributed by atoms with Gasteiger partial charge in [-0.2, -0.15) is 0 Å². The van der Waals surface area contributed by atoms with E-state index in [1.54, 1.807) is 0 Å². The standard InChI is InChI=1S/C14H18O/c1-2-13(12-6-4-3-5-7-12)14(15)10-11-8-9-11/h3-7,11,13H,2,8-10H2,1H3. The summed E-state index contributed by atoms with van der Waals surface area (Å²) >= 11 is 0. The fourth-order valence-electron chi connectivity index (χ4n) is 2.08. The minimum Gasteiger partial charge on any atom is -0.299 e. The lowest BCUT2D eigenvalue weighted by Crippen LogP contribution is -2.12. The number of carbonyl (C=O) groups is 1. The summed E-state index contributed by atoms with van der Waals surface area (Å²) in [6, 6.07) is 10.2. The van der Waals surface area contributed by atoms with E-state index in [9.17, 15) is 4.79 Å². The molecule has 1 saturated carbocycles. The second kappa shape index (κ2) is 4.61. The van der Waals surface area contributed by atoms with Gasteiger partial charge in [0, 0.05) is 12.3 Å². The summed E-state index contributed by atoms with van der Waals surface area (Å²) in [4.78, 5) is 12.0. The molecule has 1 nitrogen and oxygen atoms in total. The summed E-state index contributed by atoms with van der Waals surface area (Å²) in [6.07, 6.45) is 4.25. The molecule has 0 saturated heterocycles. The van der Waals surface area contributed by atoms with Gasteiger partial charge in [-0.3, -0.25) is 4.79 Å². The Morgan fingerprint density at radius 1 is 1.33 bits per heavy atom. The van der Waals surface area contributed by atoms with E-state index in [-0.39, 0.29) is 5.92 Å². The molecule has 0 heterocycles. The number of carbonyl (C=O) groups excluding carboxylic acids is 1. The monoisotopic (exact) mass is 202 g/mol. The van der Waals surface area contributed by atoms with E-state index >= 15 is 0 Å². The van der Waals surface area contributed by atoms with Crippen molar-refractivity contribution in [2.24, 2.45) is 5.92 Å². The molecular weight excluding hydrogens is 184 g/mol. The first kappa shape index (κ1) is 10.4. The summed E-state index contributed by atoms with van der Waals surface area (Å²) in [5.41, 5.74) is 1.19. The van der Waals surface area contributed by atoms with E-state index in [0.29, 0.717) is 11.7 Å². The van der Waals surface area contributed by atoms with Crippen LogP contribution in [-0.2, 0) is 4.79 Å². The van der Waals surface area contributed by atoms with Gasteiger partial charge >= 0.3 is 0 Å². The Balaban J connectivity index is 2.05. The number of benzene rings is 1. The third-order valence-electron chi connectivity index (χ3n) is 3.19. The molecule has 1 aliphatic rings. The Morgan fingerprint density at radius 3 is 2.53 bits per heavy atom. The van der Waals surface area contributed by atoms with Gasteiger partial charge < -0.3 is 0 Å². The minimum atomic E-state index is 0.131. The smallest absolute Gasteiger partial charge is 0.140 e. The Kier molecular flexibility index (Phi) is 3.20. The predicted molar refractivity (Wildman–Crippen MR) is 61.8 cm³/mol. The zero-order valence-electron chi connectivity index (χ0n) is 9.28. The summed E-state index contributed by atoms with van der Waals surface area (Å²) < 4.78 is 0. The summed E-state index contributed by atoms with van der Waals surface area (Å²) in [7, 11) is 0. The van der Waals surface area contributed by atoms with E-state index in [0.717, 1.165) is 12.8 Å². The maximum atomic E-state index is 12.0.